The highest BCUT2D eigenvalue weighted by atomic mass is 35.5. The quantitative estimate of drug-likeness (QED) is 0.355. The fourth-order valence-corrected chi connectivity index (χ4v) is 6.21. The van der Waals surface area contributed by atoms with Crippen LogP contribution < -0.4 is 9.80 Å². The Hall–Kier alpha value is -1.71. The smallest absolute Gasteiger partial charge is 0.0426 e. The van der Waals surface area contributed by atoms with Gasteiger partial charge in [-0.2, -0.15) is 0 Å². The van der Waals surface area contributed by atoms with Gasteiger partial charge < -0.3 is 9.80 Å². The second-order valence-electron chi connectivity index (χ2n) is 12.2. The van der Waals surface area contributed by atoms with Crippen molar-refractivity contribution >= 4 is 23.8 Å². The van der Waals surface area contributed by atoms with E-state index in [-0.39, 0.29) is 12.4 Å². The van der Waals surface area contributed by atoms with E-state index >= 15 is 0 Å². The van der Waals surface area contributed by atoms with Gasteiger partial charge in [0.25, 0.3) is 0 Å². The molecule has 200 valence electrons. The van der Waals surface area contributed by atoms with Gasteiger partial charge in [-0.15, -0.1) is 12.4 Å². The molecule has 0 unspecified atom stereocenters. The molecule has 1 aliphatic carbocycles. The second-order valence-corrected chi connectivity index (χ2v) is 12.2. The topological polar surface area (TPSA) is 9.72 Å². The predicted octanol–water partition coefficient (Wildman–Crippen LogP) is 7.99. The summed E-state index contributed by atoms with van der Waals surface area (Å²) in [6.07, 6.45) is 8.00. The van der Waals surface area contributed by atoms with Crippen molar-refractivity contribution in [3.63, 3.8) is 0 Å². The van der Waals surface area contributed by atoms with Crippen molar-refractivity contribution in [2.75, 3.05) is 49.6 Å². The third-order valence-corrected chi connectivity index (χ3v) is 8.65. The average molecular weight is 512 g/mol. The minimum absolute atomic E-state index is 0. The van der Waals surface area contributed by atoms with Crippen LogP contribution in [-0.2, 0) is 6.54 Å². The molecule has 2 aromatic carbocycles. The Morgan fingerprint density at radius 1 is 0.889 bits per heavy atom. The van der Waals surface area contributed by atoms with E-state index in [0.717, 1.165) is 25.6 Å². The normalized spacial score (nSPS) is 21.2. The average Bonchev–Trinajstić information content (AvgIpc) is 2.87. The highest BCUT2D eigenvalue weighted by Crippen LogP contribution is 2.46. The summed E-state index contributed by atoms with van der Waals surface area (Å²) in [6, 6.07) is 18.2. The molecule has 0 bridgehead atoms. The summed E-state index contributed by atoms with van der Waals surface area (Å²) in [5, 5.41) is 0. The van der Waals surface area contributed by atoms with Crippen molar-refractivity contribution in [2.45, 2.75) is 78.7 Å². The number of nitrogens with zero attached hydrogens (tertiary/aromatic N) is 3. The van der Waals surface area contributed by atoms with Crippen LogP contribution in [0, 0.1) is 11.3 Å². The van der Waals surface area contributed by atoms with Gasteiger partial charge in [0.2, 0.25) is 0 Å². The number of piperazine rings is 1. The molecule has 0 spiro atoms. The molecule has 0 radical (unpaired) electrons. The zero-order valence-corrected chi connectivity index (χ0v) is 24.3. The van der Waals surface area contributed by atoms with Crippen LogP contribution in [-0.4, -0.2) is 44.7 Å². The Bertz CT molecular complexity index is 907. The number of anilines is 2. The third-order valence-electron chi connectivity index (χ3n) is 8.65. The van der Waals surface area contributed by atoms with E-state index in [4.69, 9.17) is 0 Å². The van der Waals surface area contributed by atoms with E-state index < -0.39 is 0 Å². The highest BCUT2D eigenvalue weighted by molar-refractivity contribution is 5.85. The number of hydrogen-bond acceptors (Lipinski definition) is 3. The summed E-state index contributed by atoms with van der Waals surface area (Å²) in [4.78, 5) is 7.77. The Morgan fingerprint density at radius 2 is 1.56 bits per heavy atom. The van der Waals surface area contributed by atoms with Gasteiger partial charge >= 0.3 is 0 Å². The number of unbranched alkanes of at least 4 members (excludes halogenated alkanes) is 1. The molecular formula is C32H50ClN3. The lowest BCUT2D eigenvalue weighted by Crippen LogP contribution is -2.47. The first kappa shape index (κ1) is 28.9. The second kappa shape index (κ2) is 13.2. The largest absolute Gasteiger partial charge is 0.370 e. The molecule has 2 fully saturated rings. The van der Waals surface area contributed by atoms with Crippen LogP contribution in [0.2, 0.25) is 0 Å². The summed E-state index contributed by atoms with van der Waals surface area (Å²) in [5.41, 5.74) is 6.27. The van der Waals surface area contributed by atoms with Crippen molar-refractivity contribution in [1.82, 2.24) is 4.90 Å². The SMILES string of the molecule is CCCCN1CCN(c2ccc(N(C)Cc3ccccc3)cc2C2CCC(C(C)(C)C)CC2)CC1.Cl. The maximum Gasteiger partial charge on any atom is 0.0426 e. The van der Waals surface area contributed by atoms with Crippen LogP contribution >= 0.6 is 12.4 Å². The Morgan fingerprint density at radius 3 is 2.17 bits per heavy atom. The number of benzene rings is 2. The van der Waals surface area contributed by atoms with E-state index in [1.807, 2.05) is 0 Å². The highest BCUT2D eigenvalue weighted by Gasteiger charge is 2.32. The van der Waals surface area contributed by atoms with Gasteiger partial charge in [0, 0.05) is 51.1 Å². The predicted molar refractivity (Wildman–Crippen MR) is 160 cm³/mol. The van der Waals surface area contributed by atoms with Gasteiger partial charge in [0.05, 0.1) is 0 Å². The summed E-state index contributed by atoms with van der Waals surface area (Å²) < 4.78 is 0. The first-order chi connectivity index (χ1) is 16.8. The van der Waals surface area contributed by atoms with E-state index in [2.05, 4.69) is 98.0 Å². The van der Waals surface area contributed by atoms with Gasteiger partial charge in [0.1, 0.15) is 0 Å². The van der Waals surface area contributed by atoms with Crippen LogP contribution in [0.3, 0.4) is 0 Å². The zero-order chi connectivity index (χ0) is 24.8. The van der Waals surface area contributed by atoms with Gasteiger partial charge in [-0.1, -0.05) is 64.4 Å². The lowest BCUT2D eigenvalue weighted by molar-refractivity contribution is 0.169. The summed E-state index contributed by atoms with van der Waals surface area (Å²) >= 11 is 0. The molecule has 1 saturated carbocycles. The van der Waals surface area contributed by atoms with Crippen LogP contribution in [0.25, 0.3) is 0 Å². The van der Waals surface area contributed by atoms with Crippen molar-refractivity contribution in [3.05, 3.63) is 59.7 Å². The molecule has 2 aliphatic rings. The third kappa shape index (κ3) is 7.42. The lowest BCUT2D eigenvalue weighted by atomic mass is 9.68. The minimum Gasteiger partial charge on any atom is -0.370 e. The van der Waals surface area contributed by atoms with Crippen LogP contribution in [0.1, 0.15) is 83.3 Å². The van der Waals surface area contributed by atoms with E-state index in [1.165, 1.54) is 75.1 Å². The molecule has 0 aromatic heterocycles. The van der Waals surface area contributed by atoms with E-state index in [9.17, 15) is 0 Å². The van der Waals surface area contributed by atoms with Crippen molar-refractivity contribution < 1.29 is 0 Å². The number of halogens is 1. The summed E-state index contributed by atoms with van der Waals surface area (Å²) in [6.45, 7) is 16.5. The van der Waals surface area contributed by atoms with Gasteiger partial charge in [-0.25, -0.2) is 0 Å². The maximum atomic E-state index is 2.69. The fraction of sp³-hybridized carbons (Fsp3) is 0.625. The van der Waals surface area contributed by atoms with Gasteiger partial charge in [-0.05, 0) is 85.2 Å². The summed E-state index contributed by atoms with van der Waals surface area (Å²) in [5.74, 6) is 1.54. The minimum atomic E-state index is 0. The molecule has 4 heteroatoms. The maximum absolute atomic E-state index is 2.69. The van der Waals surface area contributed by atoms with Crippen molar-refractivity contribution in [1.29, 1.82) is 0 Å². The molecular weight excluding hydrogens is 462 g/mol. The molecule has 2 aromatic rings. The lowest BCUT2D eigenvalue weighted by Gasteiger charge is -2.40. The van der Waals surface area contributed by atoms with Gasteiger partial charge in [-0.3, -0.25) is 4.90 Å². The molecule has 1 aliphatic heterocycles. The molecule has 1 heterocycles. The monoisotopic (exact) mass is 511 g/mol. The van der Waals surface area contributed by atoms with Crippen molar-refractivity contribution in [3.8, 4) is 0 Å². The Labute approximate surface area is 227 Å². The first-order valence-corrected chi connectivity index (χ1v) is 14.2. The molecule has 36 heavy (non-hydrogen) atoms. The van der Waals surface area contributed by atoms with Crippen LogP contribution in [0.15, 0.2) is 48.5 Å². The van der Waals surface area contributed by atoms with E-state index in [1.54, 1.807) is 5.56 Å². The zero-order valence-electron chi connectivity index (χ0n) is 23.5. The number of rotatable bonds is 8. The van der Waals surface area contributed by atoms with Crippen LogP contribution in [0.5, 0.6) is 0 Å². The Kier molecular flexibility index (Phi) is 10.6. The van der Waals surface area contributed by atoms with Crippen LogP contribution in [0.4, 0.5) is 11.4 Å². The standard InChI is InChI=1S/C32H49N3.ClH/c1-6-7-19-34-20-22-35(23-21-34)31-18-17-29(33(5)25-26-11-9-8-10-12-26)24-30(31)27-13-15-28(16-14-27)32(2,3)4;/h8-12,17-18,24,27-28H,6-7,13-16,19-23,25H2,1-5H3;1H. The molecule has 0 atom stereocenters. The molecule has 3 nitrogen and oxygen atoms in total. The fourth-order valence-electron chi connectivity index (χ4n) is 6.21. The van der Waals surface area contributed by atoms with Gasteiger partial charge in [0.15, 0.2) is 0 Å². The first-order valence-electron chi connectivity index (χ1n) is 14.2. The van der Waals surface area contributed by atoms with Crippen molar-refractivity contribution in [2.24, 2.45) is 11.3 Å². The Balaban J connectivity index is 0.00000361. The molecule has 0 amide bonds. The summed E-state index contributed by atoms with van der Waals surface area (Å²) in [7, 11) is 2.24. The molecule has 0 N–H and O–H groups in total. The molecule has 1 saturated heterocycles. The van der Waals surface area contributed by atoms with E-state index in [0.29, 0.717) is 11.3 Å². The molecule has 4 rings (SSSR count). The number of hydrogen-bond donors (Lipinski definition) is 0.